The molecule has 0 spiro atoms. The minimum atomic E-state index is 0. The van der Waals surface area contributed by atoms with Gasteiger partial charge in [0.05, 0.1) is 26.4 Å². The first-order chi connectivity index (χ1) is 12.7. The molecule has 2 N–H and O–H groups in total. The first-order valence-corrected chi connectivity index (χ1v) is 9.06. The molecule has 0 saturated carbocycles. The van der Waals surface area contributed by atoms with Crippen molar-refractivity contribution in [3.8, 4) is 11.5 Å². The smallest absolute Gasteiger partial charge is 0.161 e. The highest BCUT2D eigenvalue weighted by molar-refractivity contribution is 5.85. The Kier molecular flexibility index (Phi) is 11.5. The van der Waals surface area contributed by atoms with E-state index in [9.17, 15) is 0 Å². The van der Waals surface area contributed by atoms with Crippen LogP contribution in [0.15, 0.2) is 42.5 Å². The number of nitrogens with one attached hydrogen (secondary N) is 1. The number of halogens is 1. The number of ether oxygens (including phenoxy) is 3. The maximum absolute atomic E-state index is 8.67. The summed E-state index contributed by atoms with van der Waals surface area (Å²) in [5, 5.41) is 12.0. The summed E-state index contributed by atoms with van der Waals surface area (Å²) in [7, 11) is 0. The molecular formula is C21H30ClNO4. The third kappa shape index (κ3) is 8.63. The number of benzene rings is 2. The topological polar surface area (TPSA) is 60.0 Å². The highest BCUT2D eigenvalue weighted by Crippen LogP contribution is 2.29. The van der Waals surface area contributed by atoms with Crippen LogP contribution in [0.5, 0.6) is 11.5 Å². The van der Waals surface area contributed by atoms with Gasteiger partial charge < -0.3 is 24.6 Å². The van der Waals surface area contributed by atoms with Crippen molar-refractivity contribution < 1.29 is 19.3 Å². The third-order valence-electron chi connectivity index (χ3n) is 3.81. The van der Waals surface area contributed by atoms with E-state index in [4.69, 9.17) is 19.3 Å². The van der Waals surface area contributed by atoms with Crippen LogP contribution >= 0.6 is 12.4 Å². The maximum atomic E-state index is 8.67. The molecule has 2 rings (SSSR count). The second-order valence-electron chi connectivity index (χ2n) is 6.00. The molecule has 0 heterocycles. The Morgan fingerprint density at radius 2 is 1.67 bits per heavy atom. The molecule has 2 aromatic rings. The van der Waals surface area contributed by atoms with Gasteiger partial charge in [-0.15, -0.1) is 12.4 Å². The first-order valence-electron chi connectivity index (χ1n) is 9.06. The molecule has 27 heavy (non-hydrogen) atoms. The molecule has 0 unspecified atom stereocenters. The van der Waals surface area contributed by atoms with E-state index in [0.717, 1.165) is 35.7 Å². The SMILES string of the molecule is CCOc1cc(CNCCOCCO)ccc1OCc1ccc(C)cc1.Cl. The van der Waals surface area contributed by atoms with Crippen LogP contribution in [0, 0.1) is 6.92 Å². The quantitative estimate of drug-likeness (QED) is 0.539. The molecule has 2 aromatic carbocycles. The Morgan fingerprint density at radius 3 is 2.37 bits per heavy atom. The van der Waals surface area contributed by atoms with Crippen molar-refractivity contribution in [3.05, 3.63) is 59.2 Å². The summed E-state index contributed by atoms with van der Waals surface area (Å²) in [5.74, 6) is 1.51. The van der Waals surface area contributed by atoms with Crippen molar-refractivity contribution >= 4 is 12.4 Å². The Bertz CT molecular complexity index is 649. The predicted molar refractivity (Wildman–Crippen MR) is 110 cm³/mol. The predicted octanol–water partition coefficient (Wildman–Crippen LogP) is 3.49. The minimum Gasteiger partial charge on any atom is -0.490 e. The van der Waals surface area contributed by atoms with Gasteiger partial charge >= 0.3 is 0 Å². The second kappa shape index (κ2) is 13.4. The molecule has 0 aliphatic rings. The van der Waals surface area contributed by atoms with E-state index in [1.807, 2.05) is 25.1 Å². The lowest BCUT2D eigenvalue weighted by atomic mass is 10.1. The lowest BCUT2D eigenvalue weighted by Crippen LogP contribution is -2.20. The van der Waals surface area contributed by atoms with Crippen molar-refractivity contribution in [2.75, 3.05) is 33.0 Å². The Hall–Kier alpha value is -1.79. The lowest BCUT2D eigenvalue weighted by molar-refractivity contribution is 0.0938. The molecule has 0 amide bonds. The van der Waals surface area contributed by atoms with Crippen molar-refractivity contribution in [2.45, 2.75) is 27.0 Å². The summed E-state index contributed by atoms with van der Waals surface area (Å²) < 4.78 is 16.9. The number of hydrogen-bond donors (Lipinski definition) is 2. The summed E-state index contributed by atoms with van der Waals surface area (Å²) in [6.07, 6.45) is 0. The third-order valence-corrected chi connectivity index (χ3v) is 3.81. The van der Waals surface area contributed by atoms with Crippen LogP contribution in [0.2, 0.25) is 0 Å². The monoisotopic (exact) mass is 395 g/mol. The highest BCUT2D eigenvalue weighted by atomic mass is 35.5. The minimum absolute atomic E-state index is 0. The van der Waals surface area contributed by atoms with E-state index in [1.165, 1.54) is 5.56 Å². The molecule has 6 heteroatoms. The van der Waals surface area contributed by atoms with Crippen LogP contribution in [0.4, 0.5) is 0 Å². The highest BCUT2D eigenvalue weighted by Gasteiger charge is 2.07. The van der Waals surface area contributed by atoms with Gasteiger partial charge in [-0.25, -0.2) is 0 Å². The number of hydrogen-bond acceptors (Lipinski definition) is 5. The fourth-order valence-electron chi connectivity index (χ4n) is 2.44. The standard InChI is InChI=1S/C21H29NO4.ClH/c1-3-25-21-14-19(15-22-10-12-24-13-11-23)8-9-20(21)26-16-18-6-4-17(2)5-7-18;/h4-9,14,22-23H,3,10-13,15-16H2,1-2H3;1H. The zero-order valence-electron chi connectivity index (χ0n) is 16.1. The fourth-order valence-corrected chi connectivity index (χ4v) is 2.44. The molecule has 0 fully saturated rings. The number of aliphatic hydroxyl groups excluding tert-OH is 1. The summed E-state index contributed by atoms with van der Waals surface area (Å²) in [4.78, 5) is 0. The molecular weight excluding hydrogens is 366 g/mol. The van der Waals surface area contributed by atoms with Crippen LogP contribution in [0.1, 0.15) is 23.6 Å². The van der Waals surface area contributed by atoms with Crippen molar-refractivity contribution in [1.82, 2.24) is 5.32 Å². The second-order valence-corrected chi connectivity index (χ2v) is 6.00. The van der Waals surface area contributed by atoms with Gasteiger partial charge in [0.1, 0.15) is 6.61 Å². The Labute approximate surface area is 168 Å². The zero-order valence-corrected chi connectivity index (χ0v) is 16.9. The molecule has 0 radical (unpaired) electrons. The van der Waals surface area contributed by atoms with Gasteiger partial charge in [0.15, 0.2) is 11.5 Å². The van der Waals surface area contributed by atoms with Gasteiger partial charge in [-0.2, -0.15) is 0 Å². The van der Waals surface area contributed by atoms with Crippen LogP contribution in [0.25, 0.3) is 0 Å². The molecule has 0 aliphatic heterocycles. The molecule has 0 atom stereocenters. The molecule has 0 saturated heterocycles. The van der Waals surface area contributed by atoms with Gasteiger partial charge in [-0.3, -0.25) is 0 Å². The van der Waals surface area contributed by atoms with Crippen LogP contribution < -0.4 is 14.8 Å². The van der Waals surface area contributed by atoms with E-state index in [2.05, 4.69) is 36.5 Å². The van der Waals surface area contributed by atoms with E-state index in [0.29, 0.717) is 26.4 Å². The van der Waals surface area contributed by atoms with E-state index < -0.39 is 0 Å². The molecule has 150 valence electrons. The van der Waals surface area contributed by atoms with Crippen LogP contribution in [-0.2, 0) is 17.9 Å². The summed E-state index contributed by atoms with van der Waals surface area (Å²) >= 11 is 0. The first kappa shape index (κ1) is 23.2. The number of rotatable bonds is 12. The van der Waals surface area contributed by atoms with Crippen LogP contribution in [-0.4, -0.2) is 38.1 Å². The molecule has 0 aromatic heterocycles. The van der Waals surface area contributed by atoms with E-state index in [-0.39, 0.29) is 19.0 Å². The van der Waals surface area contributed by atoms with E-state index in [1.54, 1.807) is 0 Å². The Morgan fingerprint density at radius 1 is 0.926 bits per heavy atom. The molecule has 5 nitrogen and oxygen atoms in total. The van der Waals surface area contributed by atoms with Gasteiger partial charge in [-0.1, -0.05) is 35.9 Å². The number of aryl methyl sites for hydroxylation is 1. The van der Waals surface area contributed by atoms with Gasteiger partial charge in [-0.05, 0) is 37.1 Å². The average molecular weight is 396 g/mol. The van der Waals surface area contributed by atoms with Crippen LogP contribution in [0.3, 0.4) is 0 Å². The lowest BCUT2D eigenvalue weighted by Gasteiger charge is -2.14. The fraction of sp³-hybridized carbons (Fsp3) is 0.429. The Balaban J connectivity index is 0.00000364. The summed E-state index contributed by atoms with van der Waals surface area (Å²) in [6, 6.07) is 14.3. The van der Waals surface area contributed by atoms with Gasteiger partial charge in [0.2, 0.25) is 0 Å². The zero-order chi connectivity index (χ0) is 18.6. The maximum Gasteiger partial charge on any atom is 0.161 e. The summed E-state index contributed by atoms with van der Waals surface area (Å²) in [5.41, 5.74) is 3.49. The largest absolute Gasteiger partial charge is 0.490 e. The van der Waals surface area contributed by atoms with E-state index >= 15 is 0 Å². The average Bonchev–Trinajstić information content (AvgIpc) is 2.65. The molecule has 0 bridgehead atoms. The van der Waals surface area contributed by atoms with Gasteiger partial charge in [0.25, 0.3) is 0 Å². The van der Waals surface area contributed by atoms with Crippen molar-refractivity contribution in [2.24, 2.45) is 0 Å². The normalized spacial score (nSPS) is 10.3. The van der Waals surface area contributed by atoms with Crippen molar-refractivity contribution in [1.29, 1.82) is 0 Å². The number of aliphatic hydroxyl groups is 1. The summed E-state index contributed by atoms with van der Waals surface area (Å²) in [6.45, 7) is 7.61. The molecule has 0 aliphatic carbocycles. The van der Waals surface area contributed by atoms with Crippen molar-refractivity contribution in [3.63, 3.8) is 0 Å². The van der Waals surface area contributed by atoms with Gasteiger partial charge in [0, 0.05) is 13.1 Å².